The SMILES string of the molecule is CC[C@@]1(c2ccc(Cl)cc2)NC(=O)N(Cc2cccc(F)c2)C1=O. The summed E-state index contributed by atoms with van der Waals surface area (Å²) in [6.45, 7) is 1.86. The molecule has 6 heteroatoms. The summed E-state index contributed by atoms with van der Waals surface area (Å²) in [6.07, 6.45) is 0.402. The summed E-state index contributed by atoms with van der Waals surface area (Å²) in [6, 6.07) is 12.2. The zero-order valence-electron chi connectivity index (χ0n) is 13.1. The zero-order valence-corrected chi connectivity index (χ0v) is 13.8. The minimum Gasteiger partial charge on any atom is -0.319 e. The summed E-state index contributed by atoms with van der Waals surface area (Å²) in [5.41, 5.74) is 0.116. The van der Waals surface area contributed by atoms with Gasteiger partial charge in [0.15, 0.2) is 0 Å². The second-order valence-electron chi connectivity index (χ2n) is 5.72. The van der Waals surface area contributed by atoms with E-state index >= 15 is 0 Å². The van der Waals surface area contributed by atoms with Gasteiger partial charge in [0, 0.05) is 5.02 Å². The molecule has 3 amide bonds. The lowest BCUT2D eigenvalue weighted by atomic mass is 9.87. The third-order valence-electron chi connectivity index (χ3n) is 4.27. The Kier molecular flexibility index (Phi) is 4.28. The maximum absolute atomic E-state index is 13.3. The third-order valence-corrected chi connectivity index (χ3v) is 4.52. The van der Waals surface area contributed by atoms with Crippen LogP contribution in [0.2, 0.25) is 5.02 Å². The highest BCUT2D eigenvalue weighted by Gasteiger charge is 2.51. The van der Waals surface area contributed by atoms with Crippen molar-refractivity contribution in [2.24, 2.45) is 0 Å². The number of hydrogen-bond donors (Lipinski definition) is 1. The monoisotopic (exact) mass is 346 g/mol. The smallest absolute Gasteiger partial charge is 0.319 e. The highest BCUT2D eigenvalue weighted by molar-refractivity contribution is 6.30. The molecule has 1 fully saturated rings. The van der Waals surface area contributed by atoms with Gasteiger partial charge >= 0.3 is 6.03 Å². The molecule has 3 rings (SSSR count). The number of hydrogen-bond acceptors (Lipinski definition) is 2. The molecule has 1 saturated heterocycles. The van der Waals surface area contributed by atoms with Crippen molar-refractivity contribution in [2.75, 3.05) is 0 Å². The van der Waals surface area contributed by atoms with Gasteiger partial charge in [-0.15, -0.1) is 0 Å². The molecule has 1 heterocycles. The van der Waals surface area contributed by atoms with Crippen molar-refractivity contribution in [1.29, 1.82) is 0 Å². The average Bonchev–Trinajstić information content (AvgIpc) is 2.81. The molecule has 0 aliphatic carbocycles. The van der Waals surface area contributed by atoms with Crippen LogP contribution < -0.4 is 5.32 Å². The molecule has 2 aromatic carbocycles. The molecule has 0 bridgehead atoms. The topological polar surface area (TPSA) is 49.4 Å². The number of amides is 3. The minimum atomic E-state index is -1.12. The molecule has 2 aromatic rings. The van der Waals surface area contributed by atoms with E-state index in [1.807, 2.05) is 6.92 Å². The Morgan fingerprint density at radius 1 is 1.17 bits per heavy atom. The van der Waals surface area contributed by atoms with Gasteiger partial charge in [-0.05, 0) is 41.8 Å². The van der Waals surface area contributed by atoms with Gasteiger partial charge < -0.3 is 5.32 Å². The van der Waals surface area contributed by atoms with E-state index in [2.05, 4.69) is 5.32 Å². The van der Waals surface area contributed by atoms with Gasteiger partial charge in [0.05, 0.1) is 6.54 Å². The lowest BCUT2D eigenvalue weighted by Crippen LogP contribution is -2.43. The first-order valence-corrected chi connectivity index (χ1v) is 7.98. The van der Waals surface area contributed by atoms with Crippen LogP contribution in [0.3, 0.4) is 0 Å². The summed E-state index contributed by atoms with van der Waals surface area (Å²) in [7, 11) is 0. The number of halogens is 2. The lowest BCUT2D eigenvalue weighted by Gasteiger charge is -2.26. The molecule has 4 nitrogen and oxygen atoms in total. The van der Waals surface area contributed by atoms with Crippen molar-refractivity contribution in [3.63, 3.8) is 0 Å². The van der Waals surface area contributed by atoms with Gasteiger partial charge in [-0.25, -0.2) is 9.18 Å². The van der Waals surface area contributed by atoms with E-state index in [4.69, 9.17) is 11.6 Å². The summed E-state index contributed by atoms with van der Waals surface area (Å²) in [5, 5.41) is 3.34. The summed E-state index contributed by atoms with van der Waals surface area (Å²) < 4.78 is 13.3. The van der Waals surface area contributed by atoms with Gasteiger partial charge in [0.1, 0.15) is 11.4 Å². The Hall–Kier alpha value is -2.40. The van der Waals surface area contributed by atoms with Crippen LogP contribution in [0.4, 0.5) is 9.18 Å². The molecule has 0 spiro atoms. The molecule has 0 aromatic heterocycles. The first-order valence-electron chi connectivity index (χ1n) is 7.61. The molecule has 0 radical (unpaired) electrons. The fourth-order valence-electron chi connectivity index (χ4n) is 2.96. The zero-order chi connectivity index (χ0) is 17.3. The van der Waals surface area contributed by atoms with E-state index < -0.39 is 17.4 Å². The molecule has 124 valence electrons. The van der Waals surface area contributed by atoms with Crippen molar-refractivity contribution in [3.8, 4) is 0 Å². The van der Waals surface area contributed by atoms with Crippen LogP contribution in [0.5, 0.6) is 0 Å². The van der Waals surface area contributed by atoms with Crippen LogP contribution in [0.1, 0.15) is 24.5 Å². The van der Waals surface area contributed by atoms with Crippen molar-refractivity contribution < 1.29 is 14.0 Å². The molecule has 0 unspecified atom stereocenters. The predicted molar refractivity (Wildman–Crippen MR) is 88.9 cm³/mol. The summed E-state index contributed by atoms with van der Waals surface area (Å²) in [5.74, 6) is -0.749. The van der Waals surface area contributed by atoms with Crippen LogP contribution in [0, 0.1) is 5.82 Å². The van der Waals surface area contributed by atoms with Gasteiger partial charge in [0.25, 0.3) is 5.91 Å². The number of imide groups is 1. The van der Waals surface area contributed by atoms with Gasteiger partial charge in [-0.3, -0.25) is 9.69 Å². The number of carbonyl (C=O) groups is 2. The maximum atomic E-state index is 13.3. The molecule has 1 aliphatic heterocycles. The van der Waals surface area contributed by atoms with E-state index in [1.54, 1.807) is 36.4 Å². The molecular formula is C18H16ClFN2O2. The van der Waals surface area contributed by atoms with Crippen LogP contribution in [-0.4, -0.2) is 16.8 Å². The first-order chi connectivity index (χ1) is 11.5. The Morgan fingerprint density at radius 3 is 2.50 bits per heavy atom. The molecule has 1 N–H and O–H groups in total. The normalized spacial score (nSPS) is 20.4. The highest BCUT2D eigenvalue weighted by atomic mass is 35.5. The average molecular weight is 347 g/mol. The van der Waals surface area contributed by atoms with Crippen molar-refractivity contribution in [3.05, 3.63) is 70.5 Å². The highest BCUT2D eigenvalue weighted by Crippen LogP contribution is 2.33. The third kappa shape index (κ3) is 2.76. The Labute approximate surface area is 144 Å². The summed E-state index contributed by atoms with van der Waals surface area (Å²) in [4.78, 5) is 26.4. The number of rotatable bonds is 4. The van der Waals surface area contributed by atoms with Gasteiger partial charge in [0.2, 0.25) is 0 Å². The molecular weight excluding hydrogens is 331 g/mol. The van der Waals surface area contributed by atoms with Crippen LogP contribution in [-0.2, 0) is 16.9 Å². The number of urea groups is 1. The number of nitrogens with zero attached hydrogens (tertiary/aromatic N) is 1. The van der Waals surface area contributed by atoms with E-state index in [9.17, 15) is 14.0 Å². The Morgan fingerprint density at radius 2 is 1.88 bits per heavy atom. The van der Waals surface area contributed by atoms with Crippen molar-refractivity contribution in [2.45, 2.75) is 25.4 Å². The van der Waals surface area contributed by atoms with Gasteiger partial charge in [-0.2, -0.15) is 0 Å². The number of nitrogens with one attached hydrogen (secondary N) is 1. The molecule has 1 aliphatic rings. The number of benzene rings is 2. The second kappa shape index (κ2) is 6.24. The minimum absolute atomic E-state index is 0.0256. The predicted octanol–water partition coefficient (Wildman–Crippen LogP) is 3.84. The van der Waals surface area contributed by atoms with Crippen LogP contribution in [0.15, 0.2) is 48.5 Å². The molecule has 0 saturated carbocycles. The largest absolute Gasteiger partial charge is 0.325 e. The van der Waals surface area contributed by atoms with E-state index in [1.165, 1.54) is 12.1 Å². The number of carbonyl (C=O) groups excluding carboxylic acids is 2. The van der Waals surface area contributed by atoms with Crippen molar-refractivity contribution >= 4 is 23.5 Å². The molecule has 1 atom stereocenters. The molecule has 24 heavy (non-hydrogen) atoms. The Balaban J connectivity index is 1.93. The van der Waals surface area contributed by atoms with E-state index in [0.717, 1.165) is 4.90 Å². The van der Waals surface area contributed by atoms with Gasteiger partial charge in [-0.1, -0.05) is 42.8 Å². The first kappa shape index (κ1) is 16.5. The van der Waals surface area contributed by atoms with E-state index in [-0.39, 0.29) is 12.5 Å². The Bertz CT molecular complexity index is 794. The quantitative estimate of drug-likeness (QED) is 0.855. The fraction of sp³-hybridized carbons (Fsp3) is 0.222. The fourth-order valence-corrected chi connectivity index (χ4v) is 3.09. The van der Waals surface area contributed by atoms with Crippen LogP contribution in [0.25, 0.3) is 0 Å². The van der Waals surface area contributed by atoms with Crippen LogP contribution >= 0.6 is 11.6 Å². The van der Waals surface area contributed by atoms with Crippen molar-refractivity contribution in [1.82, 2.24) is 10.2 Å². The lowest BCUT2D eigenvalue weighted by molar-refractivity contribution is -0.132. The standard InChI is InChI=1S/C18H16ClFN2O2/c1-2-18(13-6-8-14(19)9-7-13)16(23)22(17(24)21-18)11-12-4-3-5-15(20)10-12/h3-10H,2,11H2,1H3,(H,21,24)/t18-/m0/s1. The second-order valence-corrected chi connectivity index (χ2v) is 6.15. The maximum Gasteiger partial charge on any atom is 0.325 e. The van der Waals surface area contributed by atoms with E-state index in [0.29, 0.717) is 22.6 Å². The summed E-state index contributed by atoms with van der Waals surface area (Å²) >= 11 is 5.90.